The number of carbonyl (C=O) groups excluding carboxylic acids is 1. The molecule has 4 unspecified atom stereocenters. The maximum absolute atomic E-state index is 12.8. The van der Waals surface area contributed by atoms with Gasteiger partial charge < -0.3 is 29.9 Å². The first kappa shape index (κ1) is 18.7. The average molecular weight is 386 g/mol. The molecule has 7 heteroatoms. The van der Waals surface area contributed by atoms with Crippen LogP contribution in [-0.2, 0) is 4.74 Å². The van der Waals surface area contributed by atoms with Crippen LogP contribution in [0.4, 0.5) is 0 Å². The molecule has 28 heavy (non-hydrogen) atoms. The number of hydrogen-bond acceptors (Lipinski definition) is 7. The third kappa shape index (κ3) is 3.32. The van der Waals surface area contributed by atoms with Crippen molar-refractivity contribution in [3.8, 4) is 17.2 Å². The van der Waals surface area contributed by atoms with Crippen LogP contribution in [0.3, 0.4) is 0 Å². The lowest BCUT2D eigenvalue weighted by Gasteiger charge is -2.35. The van der Waals surface area contributed by atoms with Gasteiger partial charge in [-0.3, -0.25) is 4.79 Å². The second-order valence-corrected chi connectivity index (χ2v) is 7.23. The standard InChI is InChI=1S/C21H22O7/c22-10-13-6-12(23)7-18(27-13)20-15(25)8-14(24)19-16(26)9-17(28-21(19)20)11-4-2-1-3-5-11/h1-5,8,12-13,17-18,22-25H,6-7,9-10H2. The summed E-state index contributed by atoms with van der Waals surface area (Å²) in [5.41, 5.74) is 1.01. The molecule has 2 aromatic rings. The van der Waals surface area contributed by atoms with Gasteiger partial charge in [0.25, 0.3) is 0 Å². The molecule has 2 aliphatic heterocycles. The lowest BCUT2D eigenvalue weighted by molar-refractivity contribution is -0.115. The summed E-state index contributed by atoms with van der Waals surface area (Å²) in [5, 5.41) is 40.3. The van der Waals surface area contributed by atoms with Gasteiger partial charge in [-0.15, -0.1) is 0 Å². The molecular formula is C21H22O7. The van der Waals surface area contributed by atoms with Gasteiger partial charge >= 0.3 is 0 Å². The van der Waals surface area contributed by atoms with Crippen molar-refractivity contribution in [1.29, 1.82) is 0 Å². The predicted molar refractivity (Wildman–Crippen MR) is 98.5 cm³/mol. The Bertz CT molecular complexity index is 880. The SMILES string of the molecule is O=C1CC(c2ccccc2)Oc2c1c(O)cc(O)c2C1CC(O)CC(CO)O1. The highest BCUT2D eigenvalue weighted by atomic mass is 16.5. The second kappa shape index (κ2) is 7.43. The minimum atomic E-state index is -0.780. The highest BCUT2D eigenvalue weighted by Crippen LogP contribution is 2.50. The van der Waals surface area contributed by atoms with Crippen LogP contribution in [0.5, 0.6) is 17.2 Å². The van der Waals surface area contributed by atoms with E-state index in [4.69, 9.17) is 9.47 Å². The number of aliphatic hydroxyl groups is 2. The van der Waals surface area contributed by atoms with Crippen molar-refractivity contribution in [1.82, 2.24) is 0 Å². The molecule has 0 saturated carbocycles. The van der Waals surface area contributed by atoms with E-state index in [1.54, 1.807) is 0 Å². The fraction of sp³-hybridized carbons (Fsp3) is 0.381. The molecule has 0 radical (unpaired) electrons. The van der Waals surface area contributed by atoms with E-state index in [0.29, 0.717) is 0 Å². The maximum atomic E-state index is 12.8. The Kier molecular flexibility index (Phi) is 4.97. The molecule has 148 valence electrons. The number of ether oxygens (including phenoxy) is 2. The predicted octanol–water partition coefficient (Wildman–Crippen LogP) is 2.38. The number of phenols is 2. The Morgan fingerprint density at radius 1 is 1.04 bits per heavy atom. The number of aromatic hydroxyl groups is 2. The first-order chi connectivity index (χ1) is 13.5. The van der Waals surface area contributed by atoms with Gasteiger partial charge in [-0.25, -0.2) is 0 Å². The Morgan fingerprint density at radius 3 is 2.50 bits per heavy atom. The first-order valence-electron chi connectivity index (χ1n) is 9.26. The molecule has 4 N–H and O–H groups in total. The normalized spacial score (nSPS) is 27.1. The summed E-state index contributed by atoms with van der Waals surface area (Å²) in [6.45, 7) is -0.277. The Morgan fingerprint density at radius 2 is 1.79 bits per heavy atom. The highest BCUT2D eigenvalue weighted by molar-refractivity contribution is 6.03. The van der Waals surface area contributed by atoms with Gasteiger partial charge in [0.05, 0.1) is 36.9 Å². The van der Waals surface area contributed by atoms with Crippen LogP contribution in [-0.4, -0.2) is 45.0 Å². The van der Waals surface area contributed by atoms with Crippen molar-refractivity contribution in [2.45, 2.75) is 43.7 Å². The van der Waals surface area contributed by atoms with Gasteiger partial charge in [-0.05, 0) is 5.56 Å². The number of Topliss-reactive ketones (excluding diaryl/α,β-unsaturated/α-hetero) is 1. The van der Waals surface area contributed by atoms with Gasteiger partial charge in [0.1, 0.15) is 28.9 Å². The zero-order valence-corrected chi connectivity index (χ0v) is 15.1. The van der Waals surface area contributed by atoms with E-state index >= 15 is 0 Å². The molecule has 1 saturated heterocycles. The molecule has 2 aromatic carbocycles. The monoisotopic (exact) mass is 386 g/mol. The van der Waals surface area contributed by atoms with E-state index < -0.39 is 24.4 Å². The Hall–Kier alpha value is -2.61. The molecule has 0 amide bonds. The zero-order valence-electron chi connectivity index (χ0n) is 15.1. The van der Waals surface area contributed by atoms with Crippen LogP contribution < -0.4 is 4.74 Å². The average Bonchev–Trinajstić information content (AvgIpc) is 2.67. The minimum absolute atomic E-state index is 0.00388. The van der Waals surface area contributed by atoms with E-state index in [2.05, 4.69) is 0 Å². The van der Waals surface area contributed by atoms with Crippen LogP contribution >= 0.6 is 0 Å². The number of ketones is 1. The van der Waals surface area contributed by atoms with Gasteiger partial charge in [0.15, 0.2) is 5.78 Å². The van der Waals surface area contributed by atoms with Crippen molar-refractivity contribution in [2.75, 3.05) is 6.61 Å². The summed E-state index contributed by atoms with van der Waals surface area (Å²) in [7, 11) is 0. The Balaban J connectivity index is 1.79. The summed E-state index contributed by atoms with van der Waals surface area (Å²) in [4.78, 5) is 12.8. The van der Waals surface area contributed by atoms with Crippen molar-refractivity contribution < 1.29 is 34.7 Å². The first-order valence-corrected chi connectivity index (χ1v) is 9.26. The number of carbonyl (C=O) groups is 1. The number of hydrogen-bond donors (Lipinski definition) is 4. The summed E-state index contributed by atoms with van der Waals surface area (Å²) < 4.78 is 11.9. The van der Waals surface area contributed by atoms with Crippen molar-refractivity contribution in [3.05, 3.63) is 53.1 Å². The molecule has 0 aromatic heterocycles. The third-order valence-electron chi connectivity index (χ3n) is 5.26. The lowest BCUT2D eigenvalue weighted by Crippen LogP contribution is -2.34. The molecule has 1 fully saturated rings. The lowest BCUT2D eigenvalue weighted by atomic mass is 9.89. The molecule has 0 spiro atoms. The molecule has 4 rings (SSSR count). The molecule has 7 nitrogen and oxygen atoms in total. The topological polar surface area (TPSA) is 116 Å². The third-order valence-corrected chi connectivity index (χ3v) is 5.26. The van der Waals surface area contributed by atoms with Crippen LogP contribution in [0.15, 0.2) is 36.4 Å². The highest BCUT2D eigenvalue weighted by Gasteiger charge is 2.39. The fourth-order valence-corrected chi connectivity index (χ4v) is 3.95. The van der Waals surface area contributed by atoms with E-state index in [9.17, 15) is 25.2 Å². The number of benzene rings is 2. The summed E-state index contributed by atoms with van der Waals surface area (Å²) in [6.07, 6.45) is -2.16. The van der Waals surface area contributed by atoms with Crippen LogP contribution in [0.1, 0.15) is 53.0 Å². The van der Waals surface area contributed by atoms with E-state index in [1.165, 1.54) is 0 Å². The molecule has 2 heterocycles. The van der Waals surface area contributed by atoms with Crippen molar-refractivity contribution >= 4 is 5.78 Å². The zero-order chi connectivity index (χ0) is 19.8. The number of fused-ring (bicyclic) bond motifs is 1. The maximum Gasteiger partial charge on any atom is 0.174 e. The minimum Gasteiger partial charge on any atom is -0.507 e. The van der Waals surface area contributed by atoms with E-state index in [0.717, 1.165) is 11.6 Å². The van der Waals surface area contributed by atoms with Crippen molar-refractivity contribution in [2.24, 2.45) is 0 Å². The quantitative estimate of drug-likeness (QED) is 0.640. The van der Waals surface area contributed by atoms with Crippen molar-refractivity contribution in [3.63, 3.8) is 0 Å². The molecule has 0 aliphatic carbocycles. The van der Waals surface area contributed by atoms with E-state index in [1.807, 2.05) is 30.3 Å². The summed E-state index contributed by atoms with van der Waals surface area (Å²) in [5.74, 6) is -0.876. The van der Waals surface area contributed by atoms with Gasteiger partial charge in [-0.1, -0.05) is 30.3 Å². The summed E-state index contributed by atoms with van der Waals surface area (Å²) >= 11 is 0. The van der Waals surface area contributed by atoms with Gasteiger partial charge in [0.2, 0.25) is 0 Å². The van der Waals surface area contributed by atoms with Crippen LogP contribution in [0.25, 0.3) is 0 Å². The second-order valence-electron chi connectivity index (χ2n) is 7.23. The Labute approximate surface area is 161 Å². The fourth-order valence-electron chi connectivity index (χ4n) is 3.95. The number of rotatable bonds is 3. The molecule has 4 atom stereocenters. The smallest absolute Gasteiger partial charge is 0.174 e. The molecule has 0 bridgehead atoms. The van der Waals surface area contributed by atoms with Crippen LogP contribution in [0.2, 0.25) is 0 Å². The molecule has 2 aliphatic rings. The number of phenolic OH excluding ortho intramolecular Hbond substituents is 2. The summed E-state index contributed by atoms with van der Waals surface area (Å²) in [6, 6.07) is 10.3. The van der Waals surface area contributed by atoms with Crippen LogP contribution in [0, 0.1) is 0 Å². The van der Waals surface area contributed by atoms with E-state index in [-0.39, 0.29) is 60.0 Å². The van der Waals surface area contributed by atoms with Gasteiger partial charge in [0, 0.05) is 18.9 Å². The largest absolute Gasteiger partial charge is 0.507 e. The number of aliphatic hydroxyl groups excluding tert-OH is 2. The molecular weight excluding hydrogens is 364 g/mol. The van der Waals surface area contributed by atoms with Gasteiger partial charge in [-0.2, -0.15) is 0 Å².